The zero-order valence-electron chi connectivity index (χ0n) is 20.0. The van der Waals surface area contributed by atoms with E-state index in [1.54, 1.807) is 24.3 Å². The van der Waals surface area contributed by atoms with Crippen molar-refractivity contribution in [2.45, 2.75) is 71.3 Å². The number of nitrogens with one attached hydrogen (secondary N) is 1. The number of imidazole rings is 1. The Balaban J connectivity index is 1.60. The van der Waals surface area contributed by atoms with E-state index in [1.165, 1.54) is 12.8 Å². The summed E-state index contributed by atoms with van der Waals surface area (Å²) in [6.07, 6.45) is 7.55. The molecule has 6 heteroatoms. The third-order valence-electron chi connectivity index (χ3n) is 7.00. The van der Waals surface area contributed by atoms with E-state index in [0.29, 0.717) is 29.4 Å². The second-order valence-corrected chi connectivity index (χ2v) is 9.12. The Morgan fingerprint density at radius 1 is 1.09 bits per heavy atom. The van der Waals surface area contributed by atoms with Gasteiger partial charge in [-0.25, -0.2) is 4.98 Å². The van der Waals surface area contributed by atoms with E-state index >= 15 is 0 Å². The molecule has 0 spiro atoms. The number of anilines is 1. The third kappa shape index (κ3) is 4.89. The van der Waals surface area contributed by atoms with E-state index in [4.69, 9.17) is 10.2 Å². The van der Waals surface area contributed by atoms with Gasteiger partial charge in [0.15, 0.2) is 0 Å². The summed E-state index contributed by atoms with van der Waals surface area (Å²) in [4.78, 5) is 30.9. The molecule has 2 aromatic carbocycles. The highest BCUT2D eigenvalue weighted by Gasteiger charge is 2.28. The van der Waals surface area contributed by atoms with Gasteiger partial charge in [0.25, 0.3) is 5.91 Å². The quantitative estimate of drug-likeness (QED) is 0.428. The van der Waals surface area contributed by atoms with Crippen molar-refractivity contribution in [3.05, 3.63) is 59.2 Å². The zero-order chi connectivity index (χ0) is 24.1. The molecule has 1 aliphatic carbocycles. The second kappa shape index (κ2) is 10.6. The van der Waals surface area contributed by atoms with Crippen molar-refractivity contribution in [2.24, 2.45) is 5.92 Å². The van der Waals surface area contributed by atoms with Gasteiger partial charge in [0.1, 0.15) is 5.78 Å². The minimum absolute atomic E-state index is 0.115. The van der Waals surface area contributed by atoms with Crippen LogP contribution in [0.5, 0.6) is 0 Å². The van der Waals surface area contributed by atoms with E-state index in [0.717, 1.165) is 48.7 Å². The van der Waals surface area contributed by atoms with Crippen LogP contribution in [-0.2, 0) is 11.3 Å². The van der Waals surface area contributed by atoms with Crippen LogP contribution in [0.1, 0.15) is 86.2 Å². The van der Waals surface area contributed by atoms with Crippen LogP contribution in [0, 0.1) is 17.2 Å². The number of aryl methyl sites for hydroxylation is 1. The fourth-order valence-corrected chi connectivity index (χ4v) is 5.10. The Morgan fingerprint density at radius 2 is 1.79 bits per heavy atom. The average molecular weight is 457 g/mol. The maximum atomic E-state index is 13.4. The Bertz CT molecular complexity index is 1210. The van der Waals surface area contributed by atoms with Crippen molar-refractivity contribution >= 4 is 28.7 Å². The molecule has 1 saturated carbocycles. The molecule has 1 aliphatic rings. The summed E-state index contributed by atoms with van der Waals surface area (Å²) < 4.78 is 1.97. The monoisotopic (exact) mass is 456 g/mol. The molecule has 0 saturated heterocycles. The normalized spacial score (nSPS) is 15.4. The molecule has 1 amide bonds. The highest BCUT2D eigenvalue weighted by molar-refractivity contribution is 6.04. The van der Waals surface area contributed by atoms with E-state index in [2.05, 4.69) is 18.3 Å². The number of benzene rings is 2. The molecular formula is C28H32N4O2. The number of nitriles is 1. The lowest BCUT2D eigenvalue weighted by molar-refractivity contribution is -0.124. The molecule has 176 valence electrons. The second-order valence-electron chi connectivity index (χ2n) is 9.12. The van der Waals surface area contributed by atoms with Gasteiger partial charge in [0.05, 0.1) is 22.7 Å². The van der Waals surface area contributed by atoms with Crippen LogP contribution >= 0.6 is 0 Å². The first-order valence-corrected chi connectivity index (χ1v) is 12.4. The van der Waals surface area contributed by atoms with Crippen LogP contribution in [0.4, 0.5) is 5.95 Å². The zero-order valence-corrected chi connectivity index (χ0v) is 20.0. The van der Waals surface area contributed by atoms with Crippen LogP contribution in [-0.4, -0.2) is 21.2 Å². The molecule has 34 heavy (non-hydrogen) atoms. The molecule has 1 aromatic heterocycles. The van der Waals surface area contributed by atoms with Crippen molar-refractivity contribution in [2.75, 3.05) is 5.32 Å². The van der Waals surface area contributed by atoms with Crippen molar-refractivity contribution in [3.8, 4) is 6.07 Å². The molecule has 4 rings (SSSR count). The number of carbonyl (C=O) groups is 2. The molecule has 1 N–H and O–H groups in total. The lowest BCUT2D eigenvalue weighted by atomic mass is 9.82. The van der Waals surface area contributed by atoms with Crippen LogP contribution in [0.2, 0.25) is 0 Å². The summed E-state index contributed by atoms with van der Waals surface area (Å²) in [7, 11) is 0. The van der Waals surface area contributed by atoms with E-state index < -0.39 is 0 Å². The van der Waals surface area contributed by atoms with E-state index in [9.17, 15) is 9.59 Å². The number of carbonyl (C=O) groups excluding carboxylic acids is 2. The van der Waals surface area contributed by atoms with Crippen LogP contribution in [0.15, 0.2) is 42.5 Å². The van der Waals surface area contributed by atoms with Gasteiger partial charge in [-0.3, -0.25) is 14.9 Å². The smallest absolute Gasteiger partial charge is 0.257 e. The summed E-state index contributed by atoms with van der Waals surface area (Å²) in [6, 6.07) is 14.7. The molecule has 1 fully saturated rings. The van der Waals surface area contributed by atoms with Gasteiger partial charge >= 0.3 is 0 Å². The number of nitrogens with zero attached hydrogens (tertiary/aromatic N) is 3. The first-order valence-electron chi connectivity index (χ1n) is 12.4. The number of amides is 1. The Kier molecular flexibility index (Phi) is 7.42. The number of fused-ring (bicyclic) bond motifs is 1. The van der Waals surface area contributed by atoms with Gasteiger partial charge in [0, 0.05) is 23.9 Å². The SMILES string of the molecule is CCC(C(=O)C1CCCCCC1)c1ccc2c(c1)nc(NC(=O)c1ccc(C#N)cc1)n2CC. The van der Waals surface area contributed by atoms with Crippen LogP contribution in [0.25, 0.3) is 11.0 Å². The van der Waals surface area contributed by atoms with Gasteiger partial charge < -0.3 is 4.57 Å². The lowest BCUT2D eigenvalue weighted by Gasteiger charge is -2.21. The first kappa shape index (κ1) is 23.7. The van der Waals surface area contributed by atoms with Crippen molar-refractivity contribution < 1.29 is 9.59 Å². The highest BCUT2D eigenvalue weighted by atomic mass is 16.2. The molecular weight excluding hydrogens is 424 g/mol. The number of Topliss-reactive ketones (excluding diaryl/α,β-unsaturated/α-hetero) is 1. The van der Waals surface area contributed by atoms with Gasteiger partial charge in [0.2, 0.25) is 5.95 Å². The number of hydrogen-bond acceptors (Lipinski definition) is 4. The molecule has 1 atom stereocenters. The van der Waals surface area contributed by atoms with E-state index in [-0.39, 0.29) is 17.7 Å². The van der Waals surface area contributed by atoms with Crippen molar-refractivity contribution in [1.29, 1.82) is 5.26 Å². The summed E-state index contributed by atoms with van der Waals surface area (Å²) in [5.74, 6) is 0.624. The van der Waals surface area contributed by atoms with Gasteiger partial charge in [-0.05, 0) is 68.1 Å². The Labute approximate surface area is 201 Å². The predicted octanol–water partition coefficient (Wildman–Crippen LogP) is 6.21. The number of rotatable bonds is 7. The van der Waals surface area contributed by atoms with E-state index in [1.807, 2.05) is 29.7 Å². The maximum Gasteiger partial charge on any atom is 0.257 e. The summed E-state index contributed by atoms with van der Waals surface area (Å²) in [6.45, 7) is 4.74. The topological polar surface area (TPSA) is 87.8 Å². The minimum atomic E-state index is -0.273. The molecule has 3 aromatic rings. The molecule has 0 radical (unpaired) electrons. The van der Waals surface area contributed by atoms with Crippen LogP contribution < -0.4 is 5.32 Å². The standard InChI is InChI=1S/C28H32N4O2/c1-3-23(26(33)20-9-7-5-6-8-10-20)22-15-16-25-24(17-22)30-28(32(25)4-2)31-27(34)21-13-11-19(18-29)12-14-21/h11-17,20,23H,3-10H2,1-2H3,(H,30,31,34). The van der Waals surface area contributed by atoms with Crippen molar-refractivity contribution in [1.82, 2.24) is 9.55 Å². The molecule has 1 unspecified atom stereocenters. The number of ketones is 1. The number of aromatic nitrogens is 2. The predicted molar refractivity (Wildman–Crippen MR) is 134 cm³/mol. The molecule has 0 bridgehead atoms. The lowest BCUT2D eigenvalue weighted by Crippen LogP contribution is -2.21. The van der Waals surface area contributed by atoms with Gasteiger partial charge in [-0.15, -0.1) is 0 Å². The number of hydrogen-bond donors (Lipinski definition) is 1. The molecule has 0 aliphatic heterocycles. The largest absolute Gasteiger partial charge is 0.310 e. The van der Waals surface area contributed by atoms with Crippen LogP contribution in [0.3, 0.4) is 0 Å². The summed E-state index contributed by atoms with van der Waals surface area (Å²) in [5.41, 5.74) is 3.69. The maximum absolute atomic E-state index is 13.4. The highest BCUT2D eigenvalue weighted by Crippen LogP contribution is 2.33. The fourth-order valence-electron chi connectivity index (χ4n) is 5.10. The average Bonchev–Trinajstić information content (AvgIpc) is 3.01. The van der Waals surface area contributed by atoms with Gasteiger partial charge in [-0.1, -0.05) is 38.7 Å². The van der Waals surface area contributed by atoms with Gasteiger partial charge in [-0.2, -0.15) is 5.26 Å². The summed E-state index contributed by atoms with van der Waals surface area (Å²) >= 11 is 0. The Morgan fingerprint density at radius 3 is 2.41 bits per heavy atom. The summed E-state index contributed by atoms with van der Waals surface area (Å²) in [5, 5.41) is 11.9. The third-order valence-corrected chi connectivity index (χ3v) is 7.00. The first-order chi connectivity index (χ1) is 16.5. The van der Waals surface area contributed by atoms with Crippen molar-refractivity contribution in [3.63, 3.8) is 0 Å². The fraction of sp³-hybridized carbons (Fsp3) is 0.429. The molecule has 1 heterocycles. The minimum Gasteiger partial charge on any atom is -0.310 e. The Hall–Kier alpha value is -3.46. The molecule has 6 nitrogen and oxygen atoms in total.